The first-order valence-corrected chi connectivity index (χ1v) is 10.2. The number of hydrogen-bond acceptors (Lipinski definition) is 4. The van der Waals surface area contributed by atoms with Gasteiger partial charge in [-0.1, -0.05) is 38.1 Å². The van der Waals surface area contributed by atoms with Crippen molar-refractivity contribution in [2.75, 3.05) is 16.0 Å². The molecule has 0 unspecified atom stereocenters. The lowest BCUT2D eigenvalue weighted by molar-refractivity contribution is -0.120. The Kier molecular flexibility index (Phi) is 5.99. The second-order valence-electron chi connectivity index (χ2n) is 6.36. The highest BCUT2D eigenvalue weighted by Crippen LogP contribution is 2.38. The zero-order valence-corrected chi connectivity index (χ0v) is 16.9. The molecule has 0 saturated carbocycles. The Bertz CT molecular complexity index is 947. The van der Waals surface area contributed by atoms with Gasteiger partial charge in [0, 0.05) is 12.6 Å². The van der Waals surface area contributed by atoms with E-state index in [0.29, 0.717) is 33.2 Å². The maximum absolute atomic E-state index is 13.2. The average Bonchev–Trinajstić information content (AvgIpc) is 2.92. The monoisotopic (exact) mass is 394 g/mol. The van der Waals surface area contributed by atoms with Gasteiger partial charge < -0.3 is 5.32 Å². The molecule has 0 bridgehead atoms. The van der Waals surface area contributed by atoms with Crippen LogP contribution in [0, 0.1) is 0 Å². The number of rotatable bonds is 6. The number of thioether (sulfide) groups is 1. The van der Waals surface area contributed by atoms with Gasteiger partial charge in [0.05, 0.1) is 16.2 Å². The molecule has 0 fully saturated rings. The molecule has 0 spiro atoms. The molecule has 0 aliphatic carbocycles. The number of aryl methyl sites for hydroxylation is 1. The van der Waals surface area contributed by atoms with Crippen molar-refractivity contribution in [1.82, 2.24) is 0 Å². The van der Waals surface area contributed by atoms with E-state index in [4.69, 9.17) is 0 Å². The maximum atomic E-state index is 13.2. The summed E-state index contributed by atoms with van der Waals surface area (Å²) in [4.78, 5) is 39.1. The molecule has 3 rings (SSSR count). The normalized spacial score (nSPS) is 14.0. The van der Waals surface area contributed by atoms with Crippen molar-refractivity contribution in [2.24, 2.45) is 0 Å². The molecule has 2 aromatic carbocycles. The lowest BCUT2D eigenvalue weighted by Gasteiger charge is -2.15. The molecule has 0 saturated heterocycles. The van der Waals surface area contributed by atoms with E-state index >= 15 is 0 Å². The largest absolute Gasteiger partial charge is 0.326 e. The number of anilines is 2. The van der Waals surface area contributed by atoms with Crippen molar-refractivity contribution in [3.63, 3.8) is 0 Å². The fraction of sp³-hybridized carbons (Fsp3) is 0.227. The quantitative estimate of drug-likeness (QED) is 0.744. The molecule has 28 heavy (non-hydrogen) atoms. The molecule has 0 atom stereocenters. The van der Waals surface area contributed by atoms with E-state index in [9.17, 15) is 14.4 Å². The summed E-state index contributed by atoms with van der Waals surface area (Å²) >= 11 is 1.37. The minimum atomic E-state index is -0.322. The second-order valence-corrected chi connectivity index (χ2v) is 7.64. The zero-order valence-electron chi connectivity index (χ0n) is 16.1. The van der Waals surface area contributed by atoms with Crippen LogP contribution in [-0.2, 0) is 20.8 Å². The third-order valence-corrected chi connectivity index (χ3v) is 5.38. The summed E-state index contributed by atoms with van der Waals surface area (Å²) in [5, 5.41) is 2.70. The van der Waals surface area contributed by atoms with Crippen LogP contribution >= 0.6 is 11.8 Å². The van der Waals surface area contributed by atoms with Crippen molar-refractivity contribution < 1.29 is 14.4 Å². The fourth-order valence-corrected chi connectivity index (χ4v) is 3.93. The first-order valence-electron chi connectivity index (χ1n) is 9.19. The summed E-state index contributed by atoms with van der Waals surface area (Å²) in [6, 6.07) is 14.5. The van der Waals surface area contributed by atoms with Crippen molar-refractivity contribution in [1.29, 1.82) is 0 Å². The summed E-state index contributed by atoms with van der Waals surface area (Å²) < 4.78 is 0. The predicted octanol–water partition coefficient (Wildman–Crippen LogP) is 4.25. The van der Waals surface area contributed by atoms with Gasteiger partial charge in [-0.15, -0.1) is 11.8 Å². The molecule has 6 heteroatoms. The van der Waals surface area contributed by atoms with Gasteiger partial charge in [-0.3, -0.25) is 14.4 Å². The van der Waals surface area contributed by atoms with E-state index in [1.165, 1.54) is 23.6 Å². The minimum Gasteiger partial charge on any atom is -0.326 e. The number of carbonyl (C=O) groups excluding carboxylic acids is 3. The molecule has 1 heterocycles. The highest BCUT2D eigenvalue weighted by molar-refractivity contribution is 8.04. The molecule has 5 nitrogen and oxygen atoms in total. The zero-order chi connectivity index (χ0) is 20.3. The average molecular weight is 394 g/mol. The first kappa shape index (κ1) is 19.9. The van der Waals surface area contributed by atoms with Gasteiger partial charge in [-0.2, -0.15) is 0 Å². The van der Waals surface area contributed by atoms with Crippen molar-refractivity contribution in [2.45, 2.75) is 27.2 Å². The number of nitrogens with zero attached hydrogens (tertiary/aromatic N) is 1. The van der Waals surface area contributed by atoms with Gasteiger partial charge in [-0.25, -0.2) is 4.90 Å². The number of hydrogen-bond donors (Lipinski definition) is 1. The first-order chi connectivity index (χ1) is 13.5. The van der Waals surface area contributed by atoms with Gasteiger partial charge in [-0.05, 0) is 47.6 Å². The van der Waals surface area contributed by atoms with Gasteiger partial charge in [0.1, 0.15) is 0 Å². The highest BCUT2D eigenvalue weighted by atomic mass is 32.2. The van der Waals surface area contributed by atoms with E-state index in [1.54, 1.807) is 24.3 Å². The predicted molar refractivity (Wildman–Crippen MR) is 114 cm³/mol. The standard InChI is InChI=1S/C22H22N2O3S/c1-4-15-6-12-18(13-7-15)24-21(26)19(20(22(24)27)28-5-2)16-8-10-17(11-9-16)23-14(3)25/h6-13H,4-5H2,1-3H3,(H,23,25). The third-order valence-electron chi connectivity index (χ3n) is 4.43. The topological polar surface area (TPSA) is 66.5 Å². The van der Waals surface area contributed by atoms with E-state index in [0.717, 1.165) is 12.0 Å². The third kappa shape index (κ3) is 3.87. The maximum Gasteiger partial charge on any atom is 0.272 e. The molecule has 0 aromatic heterocycles. The molecule has 1 aliphatic rings. The van der Waals surface area contributed by atoms with Crippen LogP contribution in [0.2, 0.25) is 0 Å². The number of amides is 3. The van der Waals surface area contributed by atoms with Gasteiger partial charge >= 0.3 is 0 Å². The molecular formula is C22H22N2O3S. The van der Waals surface area contributed by atoms with Crippen LogP contribution in [0.5, 0.6) is 0 Å². The van der Waals surface area contributed by atoms with Gasteiger partial charge in [0.15, 0.2) is 0 Å². The lowest BCUT2D eigenvalue weighted by atomic mass is 10.1. The molecule has 3 amide bonds. The van der Waals surface area contributed by atoms with Crippen LogP contribution in [-0.4, -0.2) is 23.5 Å². The summed E-state index contributed by atoms with van der Waals surface area (Å²) in [5.41, 5.74) is 3.44. The Balaban J connectivity index is 1.98. The number of carbonyl (C=O) groups is 3. The Morgan fingerprint density at radius 2 is 1.61 bits per heavy atom. The van der Waals surface area contributed by atoms with E-state index in [2.05, 4.69) is 12.2 Å². The van der Waals surface area contributed by atoms with E-state index < -0.39 is 0 Å². The summed E-state index contributed by atoms with van der Waals surface area (Å²) in [6.45, 7) is 5.44. The Labute approximate surface area is 168 Å². The number of benzene rings is 2. The van der Waals surface area contributed by atoms with Crippen molar-refractivity contribution in [3.05, 3.63) is 64.6 Å². The minimum absolute atomic E-state index is 0.164. The van der Waals surface area contributed by atoms with Crippen LogP contribution in [0.15, 0.2) is 53.4 Å². The Morgan fingerprint density at radius 1 is 0.964 bits per heavy atom. The van der Waals surface area contributed by atoms with Gasteiger partial charge in [0.2, 0.25) is 5.91 Å². The van der Waals surface area contributed by atoms with Crippen LogP contribution in [0.25, 0.3) is 5.57 Å². The SMILES string of the molecule is CCSC1=C(c2ccc(NC(C)=O)cc2)C(=O)N(c2ccc(CC)cc2)C1=O. The lowest BCUT2D eigenvalue weighted by Crippen LogP contribution is -2.31. The van der Waals surface area contributed by atoms with Crippen molar-refractivity contribution >= 4 is 46.4 Å². The second kappa shape index (κ2) is 8.44. The number of nitrogens with one attached hydrogen (secondary N) is 1. The van der Waals surface area contributed by atoms with Crippen molar-refractivity contribution in [3.8, 4) is 0 Å². The van der Waals surface area contributed by atoms with Crippen LogP contribution in [0.1, 0.15) is 31.9 Å². The molecular weight excluding hydrogens is 372 g/mol. The Morgan fingerprint density at radius 3 is 2.14 bits per heavy atom. The summed E-state index contributed by atoms with van der Waals surface area (Å²) in [5.74, 6) is -0.0905. The summed E-state index contributed by atoms with van der Waals surface area (Å²) in [6.07, 6.45) is 0.892. The molecule has 1 aliphatic heterocycles. The van der Waals surface area contributed by atoms with Gasteiger partial charge in [0.25, 0.3) is 11.8 Å². The molecule has 144 valence electrons. The molecule has 2 aromatic rings. The van der Waals surface area contributed by atoms with Crippen LogP contribution in [0.4, 0.5) is 11.4 Å². The Hall–Kier alpha value is -2.86. The summed E-state index contributed by atoms with van der Waals surface area (Å²) in [7, 11) is 0. The molecule has 1 N–H and O–H groups in total. The smallest absolute Gasteiger partial charge is 0.272 e. The van der Waals surface area contributed by atoms with Crippen LogP contribution in [0.3, 0.4) is 0 Å². The van der Waals surface area contributed by atoms with Crippen LogP contribution < -0.4 is 10.2 Å². The van der Waals surface area contributed by atoms with E-state index in [-0.39, 0.29) is 17.7 Å². The fourth-order valence-electron chi connectivity index (χ4n) is 3.08. The highest BCUT2D eigenvalue weighted by Gasteiger charge is 2.39. The molecule has 0 radical (unpaired) electrons. The van der Waals surface area contributed by atoms with E-state index in [1.807, 2.05) is 31.2 Å². The number of imide groups is 1.